The first-order valence-electron chi connectivity index (χ1n) is 1.93. The molecule has 1 heterocycles. The summed E-state index contributed by atoms with van der Waals surface area (Å²) < 4.78 is 4.37. The van der Waals surface area contributed by atoms with Crippen molar-refractivity contribution in [1.82, 2.24) is 0 Å². The van der Waals surface area contributed by atoms with E-state index >= 15 is 0 Å². The quantitative estimate of drug-likeness (QED) is 0.495. The van der Waals surface area contributed by atoms with Gasteiger partial charge < -0.3 is 4.42 Å². The molecule has 0 bridgehead atoms. The summed E-state index contributed by atoms with van der Waals surface area (Å²) in [7, 11) is 0. The fourth-order valence-corrected chi connectivity index (χ4v) is 0.325. The molecule has 0 aromatic carbocycles. The van der Waals surface area contributed by atoms with Crippen molar-refractivity contribution < 1.29 is 4.42 Å². The van der Waals surface area contributed by atoms with Crippen LogP contribution in [0.3, 0.4) is 0 Å². The van der Waals surface area contributed by atoms with Crippen LogP contribution < -0.4 is 5.63 Å². The molecule has 0 atom stereocenters. The maximum atomic E-state index is 10.1. The van der Waals surface area contributed by atoms with Gasteiger partial charge in [-0.25, -0.2) is 4.79 Å². The van der Waals surface area contributed by atoms with Crippen molar-refractivity contribution in [2.45, 2.75) is 0 Å². The number of hydrogen-bond donors (Lipinski definition) is 0. The Morgan fingerprint density at radius 3 is 1.73 bits per heavy atom. The zero-order chi connectivity index (χ0) is 5.11. The molecule has 0 fully saturated rings. The van der Waals surface area contributed by atoms with Crippen molar-refractivity contribution in [3.05, 3.63) is 34.9 Å². The molecule has 40 valence electrons. The minimum atomic E-state index is -0.303. The van der Waals surface area contributed by atoms with E-state index in [2.05, 4.69) is 4.42 Å². The van der Waals surface area contributed by atoms with E-state index in [9.17, 15) is 4.79 Å². The van der Waals surface area contributed by atoms with Crippen molar-refractivity contribution in [2.24, 2.45) is 0 Å². The summed E-state index contributed by atoms with van der Waals surface area (Å²) in [5.41, 5.74) is -0.303. The average molecular weight is 188 g/mol. The third-order valence-electron chi connectivity index (χ3n) is 0.606. The third-order valence-corrected chi connectivity index (χ3v) is 0.606. The first-order chi connectivity index (χ1) is 3.39. The Kier molecular flexibility index (Phi) is 33.1. The van der Waals surface area contributed by atoms with Crippen LogP contribution >= 0.6 is 0 Å². The van der Waals surface area contributed by atoms with E-state index in [4.69, 9.17) is 0 Å². The van der Waals surface area contributed by atoms with Gasteiger partial charge in [0.15, 0.2) is 0 Å². The number of hydrogen-bond acceptors (Lipinski definition) is 2. The standard InChI is InChI=1S/C5H4O2.4Na/c6-5-3-1-2-4-7-5;;;;/h1-4H;;;;. The van der Waals surface area contributed by atoms with Gasteiger partial charge in [0.05, 0.1) is 6.26 Å². The largest absolute Gasteiger partial charge is 0.431 e. The van der Waals surface area contributed by atoms with Gasteiger partial charge in [0, 0.05) is 124 Å². The second kappa shape index (κ2) is 15.4. The van der Waals surface area contributed by atoms with E-state index in [1.165, 1.54) is 12.3 Å². The van der Waals surface area contributed by atoms with Crippen LogP contribution in [0.2, 0.25) is 0 Å². The Hall–Kier alpha value is 2.95. The Bertz CT molecular complexity index is 182. The van der Waals surface area contributed by atoms with E-state index in [1.54, 1.807) is 12.1 Å². The summed E-state index contributed by atoms with van der Waals surface area (Å²) >= 11 is 0. The maximum Gasteiger partial charge on any atom is 0.335 e. The van der Waals surface area contributed by atoms with E-state index in [-0.39, 0.29) is 124 Å². The average Bonchev–Trinajstić information content (AvgIpc) is 1.69. The molecule has 4 radical (unpaired) electrons. The second-order valence-electron chi connectivity index (χ2n) is 1.12. The minimum Gasteiger partial charge on any atom is -0.431 e. The van der Waals surface area contributed by atoms with E-state index in [0.29, 0.717) is 0 Å². The van der Waals surface area contributed by atoms with Crippen molar-refractivity contribution in [3.8, 4) is 0 Å². The van der Waals surface area contributed by atoms with Gasteiger partial charge in [-0.2, -0.15) is 0 Å². The molecule has 0 aliphatic carbocycles. The Morgan fingerprint density at radius 2 is 1.55 bits per heavy atom. The van der Waals surface area contributed by atoms with Gasteiger partial charge in [-0.15, -0.1) is 0 Å². The predicted molar refractivity (Wildman–Crippen MR) is 48.0 cm³/mol. The Morgan fingerprint density at radius 1 is 1.00 bits per heavy atom. The SMILES string of the molecule is O=c1cccco1.[Na].[Na].[Na].[Na]. The summed E-state index contributed by atoms with van der Waals surface area (Å²) in [6.07, 6.45) is 1.35. The second-order valence-corrected chi connectivity index (χ2v) is 1.12. The minimum absolute atomic E-state index is 0. The molecule has 0 aliphatic heterocycles. The van der Waals surface area contributed by atoms with Gasteiger partial charge in [0.2, 0.25) is 0 Å². The van der Waals surface area contributed by atoms with Gasteiger partial charge in [-0.05, 0) is 6.07 Å². The van der Waals surface area contributed by atoms with Crippen molar-refractivity contribution >= 4 is 118 Å². The fraction of sp³-hybridized carbons (Fsp3) is 0. The Labute approximate surface area is 154 Å². The zero-order valence-electron chi connectivity index (χ0n) is 7.63. The van der Waals surface area contributed by atoms with Gasteiger partial charge in [-0.3, -0.25) is 0 Å². The predicted octanol–water partition coefficient (Wildman–Crippen LogP) is -0.883. The maximum absolute atomic E-state index is 10.1. The van der Waals surface area contributed by atoms with Crippen LogP contribution in [0.5, 0.6) is 0 Å². The summed E-state index contributed by atoms with van der Waals surface area (Å²) in [6.45, 7) is 0. The van der Waals surface area contributed by atoms with Gasteiger partial charge in [0.1, 0.15) is 0 Å². The molecule has 0 N–H and O–H groups in total. The summed E-state index contributed by atoms with van der Waals surface area (Å²) in [6, 6.07) is 4.65. The molecule has 0 aliphatic rings. The monoisotopic (exact) mass is 188 g/mol. The first kappa shape index (κ1) is 23.6. The summed E-state index contributed by atoms with van der Waals surface area (Å²) in [4.78, 5) is 10.1. The van der Waals surface area contributed by atoms with Crippen LogP contribution in [0.1, 0.15) is 0 Å². The molecule has 0 saturated heterocycles. The van der Waals surface area contributed by atoms with Crippen molar-refractivity contribution in [3.63, 3.8) is 0 Å². The van der Waals surface area contributed by atoms with Crippen LogP contribution in [0.25, 0.3) is 0 Å². The first-order valence-corrected chi connectivity index (χ1v) is 1.93. The summed E-state index contributed by atoms with van der Waals surface area (Å²) in [5, 5.41) is 0. The molecular formula is C5H4Na4O2. The molecule has 11 heavy (non-hydrogen) atoms. The molecule has 0 spiro atoms. The molecule has 2 nitrogen and oxygen atoms in total. The van der Waals surface area contributed by atoms with Crippen LogP contribution in [0.4, 0.5) is 0 Å². The molecule has 6 heteroatoms. The van der Waals surface area contributed by atoms with E-state index < -0.39 is 0 Å². The van der Waals surface area contributed by atoms with E-state index in [1.807, 2.05) is 0 Å². The fourth-order valence-electron chi connectivity index (χ4n) is 0.325. The molecular weight excluding hydrogens is 184 g/mol. The third kappa shape index (κ3) is 12.9. The van der Waals surface area contributed by atoms with E-state index in [0.717, 1.165) is 0 Å². The van der Waals surface area contributed by atoms with Gasteiger partial charge in [0.25, 0.3) is 0 Å². The molecule has 1 rings (SSSR count). The molecule has 1 aromatic rings. The Balaban J connectivity index is -0.0000000612. The molecule has 0 saturated carbocycles. The molecule has 0 amide bonds. The van der Waals surface area contributed by atoms with Crippen LogP contribution in [0, 0.1) is 0 Å². The van der Waals surface area contributed by atoms with Crippen LogP contribution in [-0.2, 0) is 0 Å². The number of rotatable bonds is 0. The van der Waals surface area contributed by atoms with Crippen LogP contribution in [0.15, 0.2) is 33.7 Å². The topological polar surface area (TPSA) is 30.2 Å². The summed E-state index contributed by atoms with van der Waals surface area (Å²) in [5.74, 6) is 0. The van der Waals surface area contributed by atoms with Gasteiger partial charge >= 0.3 is 5.63 Å². The van der Waals surface area contributed by atoms with Crippen molar-refractivity contribution in [1.29, 1.82) is 0 Å². The normalized spacial score (nSPS) is 5.45. The van der Waals surface area contributed by atoms with Gasteiger partial charge in [-0.1, -0.05) is 6.07 Å². The van der Waals surface area contributed by atoms with Crippen LogP contribution in [-0.4, -0.2) is 118 Å². The van der Waals surface area contributed by atoms with Crippen molar-refractivity contribution in [2.75, 3.05) is 0 Å². The molecule has 0 unspecified atom stereocenters. The smallest absolute Gasteiger partial charge is 0.335 e. The zero-order valence-corrected chi connectivity index (χ0v) is 15.6. The molecule has 1 aromatic heterocycles.